The van der Waals surface area contributed by atoms with Crippen LogP contribution >= 0.6 is 0 Å². The molecule has 0 amide bonds. The highest BCUT2D eigenvalue weighted by Gasteiger charge is 2.53. The highest BCUT2D eigenvalue weighted by Crippen LogP contribution is 2.42. The molecule has 7 rings (SSSR count). The summed E-state index contributed by atoms with van der Waals surface area (Å²) >= 11 is 0. The maximum absolute atomic E-state index is 7.34. The van der Waals surface area contributed by atoms with Crippen molar-refractivity contribution < 1.29 is 68.3 Å². The van der Waals surface area contributed by atoms with Gasteiger partial charge in [-0.25, -0.2) is 0 Å². The first-order chi connectivity index (χ1) is 39.1. The van der Waals surface area contributed by atoms with Crippen LogP contribution in [0, 0.1) is 29.6 Å². The summed E-state index contributed by atoms with van der Waals surface area (Å²) in [4.78, 5) is 0. The molecule has 0 aromatic heterocycles. The van der Waals surface area contributed by atoms with Crippen LogP contribution < -0.4 is 0 Å². The van der Waals surface area contributed by atoms with E-state index in [-0.39, 0.29) is 17.6 Å². The highest BCUT2D eigenvalue weighted by atomic mass is 28.5. The van der Waals surface area contributed by atoms with Crippen LogP contribution in [0.5, 0.6) is 0 Å². The van der Waals surface area contributed by atoms with Gasteiger partial charge in [0.15, 0.2) is 0 Å². The Morgan fingerprint density at radius 2 is 0.732 bits per heavy atom. The van der Waals surface area contributed by atoms with Gasteiger partial charge in [-0.3, -0.25) is 0 Å². The Labute approximate surface area is 517 Å². The van der Waals surface area contributed by atoms with E-state index < -0.39 is 109 Å². The molecule has 480 valence electrons. The SMILES string of the molecule is CCC(OC1CCC(CC2CCC(CCCCOCCC[Si]3(C)O[SiH](C)O[SiH](C)O[Si](C)(C(CC)OC4CCC(CC5CCC(OCCC[Si]6(C)O[SiH](C)O[SiH](C)O[SiH](C)O6)CC5)CC4)O3)CC2)CC1)[Si]1(C)O[SiH](C)O[SiH](C)O[SiH](C)O1. The zero-order valence-electron chi connectivity index (χ0n) is 54.1. The Morgan fingerprint density at radius 3 is 1.21 bits per heavy atom. The summed E-state index contributed by atoms with van der Waals surface area (Å²) < 4.78 is 105. The van der Waals surface area contributed by atoms with Crippen molar-refractivity contribution in [2.45, 2.75) is 295 Å². The molecule has 0 N–H and O–H groups in total. The standard InChI is InChI=1S/C54H120O16Si12/c1-15-53(81(13)67-76(8)61-72(4)62-77(9)68-81)57-51-34-28-48(29-35-51)43-46-24-22-45(23-25-46)21-17-18-38-55-39-19-42-80(12)66-75(7)63-78(10)69-82(14,70-80)54(16-2)58-52-36-30-49(31-37-52)44-47-26-32-50(33-27-47)56-40-20-41-79(11)64-73(5)59-71(3)60-74(6)65-79/h45-54,71-78H,15-44H2,1-14H3. The minimum Gasteiger partial charge on any atom is -0.420 e. The predicted molar refractivity (Wildman–Crippen MR) is 355 cm³/mol. The molecule has 28 heteroatoms. The predicted octanol–water partition coefficient (Wildman–Crippen LogP) is 11.2. The molecule has 4 aliphatic carbocycles. The molecule has 7 fully saturated rings. The van der Waals surface area contributed by atoms with Gasteiger partial charge in [0.05, 0.1) is 29.8 Å². The number of hydrogen-bond donors (Lipinski definition) is 0. The average Bonchev–Trinajstić information content (AvgIpc) is 3.52. The van der Waals surface area contributed by atoms with Crippen LogP contribution in [0.15, 0.2) is 0 Å². The maximum Gasteiger partial charge on any atom is 0.347 e. The summed E-state index contributed by atoms with van der Waals surface area (Å²) in [6, 6.07) is 1.84. The van der Waals surface area contributed by atoms with Crippen LogP contribution in [0.3, 0.4) is 0 Å². The summed E-state index contributed by atoms with van der Waals surface area (Å²) in [7, 11) is -24.4. The Balaban J connectivity index is 0.728. The summed E-state index contributed by atoms with van der Waals surface area (Å²) in [6.45, 7) is 32.7. The zero-order chi connectivity index (χ0) is 58.9. The molecule has 0 spiro atoms. The number of unbranched alkanes of at least 4 members (excludes halogenated alkanes) is 1. The molecule has 3 aliphatic heterocycles. The Hall–Kier alpha value is 1.96. The number of hydrogen-bond acceptors (Lipinski definition) is 16. The Bertz CT molecular complexity index is 1760. The quantitative estimate of drug-likeness (QED) is 0.0597. The van der Waals surface area contributed by atoms with Crippen molar-refractivity contribution in [1.29, 1.82) is 0 Å². The normalized spacial score (nSPS) is 43.1. The van der Waals surface area contributed by atoms with Crippen LogP contribution in [0.1, 0.15) is 174 Å². The zero-order valence-corrected chi connectivity index (χ0v) is 67.4. The van der Waals surface area contributed by atoms with E-state index in [1.807, 2.05) is 0 Å². The molecule has 3 heterocycles. The largest absolute Gasteiger partial charge is 0.420 e. The number of rotatable bonds is 26. The second kappa shape index (κ2) is 35.1. The van der Waals surface area contributed by atoms with Gasteiger partial charge in [0.1, 0.15) is 0 Å². The molecule has 16 nitrogen and oxygen atoms in total. The first-order valence-electron chi connectivity index (χ1n) is 33.7. The smallest absolute Gasteiger partial charge is 0.347 e. The summed E-state index contributed by atoms with van der Waals surface area (Å²) in [5.41, 5.74) is -0.00612. The van der Waals surface area contributed by atoms with E-state index >= 15 is 0 Å². The van der Waals surface area contributed by atoms with Gasteiger partial charge in [-0.1, -0.05) is 52.4 Å². The Morgan fingerprint density at radius 1 is 0.378 bits per heavy atom. The fourth-order valence-corrected chi connectivity index (χ4v) is 62.8. The molecule has 82 heavy (non-hydrogen) atoms. The van der Waals surface area contributed by atoms with Gasteiger partial charge in [0.2, 0.25) is 0 Å². The van der Waals surface area contributed by atoms with Crippen molar-refractivity contribution in [3.05, 3.63) is 0 Å². The molecule has 7 aliphatic rings. The van der Waals surface area contributed by atoms with Crippen molar-refractivity contribution in [1.82, 2.24) is 0 Å². The second-order valence-corrected chi connectivity index (χ2v) is 58.8. The van der Waals surface area contributed by atoms with E-state index in [1.54, 1.807) is 0 Å². The van der Waals surface area contributed by atoms with Crippen LogP contribution in [0.25, 0.3) is 0 Å². The van der Waals surface area contributed by atoms with Crippen LogP contribution in [-0.4, -0.2) is 158 Å². The molecule has 0 bridgehead atoms. The molecule has 10 atom stereocenters. The first kappa shape index (κ1) is 71.4. The lowest BCUT2D eigenvalue weighted by molar-refractivity contribution is -0.0243. The molecular weight excluding hydrogens is 1240 g/mol. The average molecular weight is 1360 g/mol. The van der Waals surface area contributed by atoms with Crippen molar-refractivity contribution in [2.24, 2.45) is 29.6 Å². The summed E-state index contributed by atoms with van der Waals surface area (Å²) in [5.74, 6) is 4.23. The van der Waals surface area contributed by atoms with Gasteiger partial charge in [0.25, 0.3) is 74.3 Å². The van der Waals surface area contributed by atoms with E-state index in [4.69, 9.17) is 68.3 Å². The fraction of sp³-hybridized carbons (Fsp3) is 1.00. The van der Waals surface area contributed by atoms with E-state index in [0.29, 0.717) is 12.2 Å². The third-order valence-electron chi connectivity index (χ3n) is 19.3. The third-order valence-corrected chi connectivity index (χ3v) is 63.5. The van der Waals surface area contributed by atoms with Crippen molar-refractivity contribution >= 4 is 109 Å². The molecule has 10 unspecified atom stereocenters. The van der Waals surface area contributed by atoms with Crippen molar-refractivity contribution in [2.75, 3.05) is 19.8 Å². The highest BCUT2D eigenvalue weighted by molar-refractivity contribution is 6.87. The monoisotopic (exact) mass is 1360 g/mol. The molecule has 3 saturated heterocycles. The van der Waals surface area contributed by atoms with Gasteiger partial charge >= 0.3 is 34.2 Å². The topological polar surface area (TPSA) is 148 Å². The lowest BCUT2D eigenvalue weighted by Crippen LogP contribution is -2.65. The van der Waals surface area contributed by atoms with E-state index in [0.717, 1.165) is 119 Å². The third kappa shape index (κ3) is 23.9. The van der Waals surface area contributed by atoms with Crippen LogP contribution in [-0.2, 0) is 68.3 Å². The fourth-order valence-electron chi connectivity index (χ4n) is 15.4. The molecular formula is C54H120O16Si12. The van der Waals surface area contributed by atoms with E-state index in [9.17, 15) is 0 Å². The molecule has 0 radical (unpaired) electrons. The van der Waals surface area contributed by atoms with Gasteiger partial charge in [-0.2, -0.15) is 0 Å². The Kier molecular flexibility index (Phi) is 30.6. The van der Waals surface area contributed by atoms with Gasteiger partial charge < -0.3 is 68.3 Å². The number of ether oxygens (including phenoxy) is 4. The van der Waals surface area contributed by atoms with Gasteiger partial charge in [0, 0.05) is 19.8 Å². The lowest BCUT2D eigenvalue weighted by atomic mass is 9.74. The minimum absolute atomic E-state index is 0.0331. The van der Waals surface area contributed by atoms with E-state index in [2.05, 4.69) is 92.4 Å². The van der Waals surface area contributed by atoms with Crippen LogP contribution in [0.4, 0.5) is 0 Å². The lowest BCUT2D eigenvalue weighted by Gasteiger charge is -2.46. The summed E-state index contributed by atoms with van der Waals surface area (Å²) in [5, 5.41) is 0. The van der Waals surface area contributed by atoms with Gasteiger partial charge in [-0.15, -0.1) is 0 Å². The summed E-state index contributed by atoms with van der Waals surface area (Å²) in [6.07, 6.45) is 31.4. The minimum atomic E-state index is -2.81. The molecule has 0 aromatic rings. The first-order valence-corrected chi connectivity index (χ1v) is 60.3. The van der Waals surface area contributed by atoms with Crippen LogP contribution in [0.2, 0.25) is 90.7 Å². The van der Waals surface area contributed by atoms with Crippen molar-refractivity contribution in [3.63, 3.8) is 0 Å². The van der Waals surface area contributed by atoms with Crippen molar-refractivity contribution in [3.8, 4) is 0 Å². The van der Waals surface area contributed by atoms with E-state index in [1.165, 1.54) is 103 Å². The maximum atomic E-state index is 7.34. The molecule has 0 aromatic carbocycles. The second-order valence-electron chi connectivity index (χ2n) is 26.9. The van der Waals surface area contributed by atoms with Gasteiger partial charge in [-0.05, 0) is 242 Å². The molecule has 4 saturated carbocycles.